The molecule has 2 aromatic carbocycles. The Morgan fingerprint density at radius 2 is 2.00 bits per heavy atom. The molecule has 2 atom stereocenters. The summed E-state index contributed by atoms with van der Waals surface area (Å²) in [5.74, 6) is 1.87. The molecule has 1 saturated heterocycles. The Morgan fingerprint density at radius 3 is 2.67 bits per heavy atom. The smallest absolute Gasteiger partial charge is 0.683 e. The molecule has 1 N–H and O–H groups in total. The van der Waals surface area contributed by atoms with Crippen molar-refractivity contribution in [1.82, 2.24) is 5.32 Å². The maximum Gasteiger partial charge on any atom is 2.00 e. The molecule has 5 heteroatoms. The van der Waals surface area contributed by atoms with Crippen LogP contribution in [0.3, 0.4) is 0 Å². The number of nitrogens with one attached hydrogen (secondary N) is 1. The van der Waals surface area contributed by atoms with Gasteiger partial charge in [0.2, 0.25) is 0 Å². The van der Waals surface area contributed by atoms with E-state index in [0.717, 1.165) is 25.3 Å². The van der Waals surface area contributed by atoms with Gasteiger partial charge in [0.15, 0.2) is 0 Å². The molecule has 24 heavy (non-hydrogen) atoms. The van der Waals surface area contributed by atoms with E-state index in [1.807, 2.05) is 18.2 Å². The maximum atomic E-state index is 13.1. The number of halogens is 1. The van der Waals surface area contributed by atoms with E-state index in [0.29, 0.717) is 24.2 Å². The maximum absolute atomic E-state index is 13.1. The van der Waals surface area contributed by atoms with Crippen LogP contribution in [0.2, 0.25) is 0 Å². The van der Waals surface area contributed by atoms with Gasteiger partial charge in [-0.3, -0.25) is 0 Å². The van der Waals surface area contributed by atoms with Crippen LogP contribution in [0, 0.1) is 56.0 Å². The molecule has 1 heterocycles. The van der Waals surface area contributed by atoms with E-state index in [9.17, 15) is 4.39 Å². The summed E-state index contributed by atoms with van der Waals surface area (Å²) in [7, 11) is 3.35. The van der Waals surface area contributed by atoms with Gasteiger partial charge in [-0.1, -0.05) is 12.1 Å². The molecule has 3 rings (SSSR count). The zero-order valence-corrected chi connectivity index (χ0v) is 17.6. The summed E-state index contributed by atoms with van der Waals surface area (Å²) in [6.45, 7) is 2.47. The molecule has 0 aliphatic carbocycles. The molecule has 0 saturated carbocycles. The van der Waals surface area contributed by atoms with E-state index in [1.165, 1.54) is 17.7 Å². The third kappa shape index (κ3) is 4.99. The summed E-state index contributed by atoms with van der Waals surface area (Å²) in [5.41, 5.74) is 1.17. The van der Waals surface area contributed by atoms with Crippen molar-refractivity contribution in [2.24, 2.45) is 5.92 Å². The first-order chi connectivity index (χ1) is 11.3. The molecule has 1 aliphatic heterocycles. The quantitative estimate of drug-likeness (QED) is 0.577. The van der Waals surface area contributed by atoms with Crippen LogP contribution >= 0.6 is 0 Å². The first-order valence-electron chi connectivity index (χ1n) is 7.79. The van der Waals surface area contributed by atoms with Crippen LogP contribution in [-0.2, 0) is 0 Å². The van der Waals surface area contributed by atoms with E-state index in [4.69, 9.17) is 9.47 Å². The average Bonchev–Trinajstić information content (AvgIpc) is 2.61. The number of hydrogen-bond donors (Lipinski definition) is 1. The first kappa shape index (κ1) is 19.3. The fraction of sp³-hybridized carbons (Fsp3) is 0.316. The number of piperidine rings is 1. The summed E-state index contributed by atoms with van der Waals surface area (Å²) in [6.07, 6.45) is 1.03. The van der Waals surface area contributed by atoms with Crippen molar-refractivity contribution in [1.29, 1.82) is 0 Å². The van der Waals surface area contributed by atoms with Crippen molar-refractivity contribution in [3.8, 4) is 11.5 Å². The molecule has 0 bridgehead atoms. The minimum Gasteiger partial charge on any atom is -0.683 e. The molecular weight excluding hydrogens is 531 g/mol. The van der Waals surface area contributed by atoms with Gasteiger partial charge < -0.3 is 14.8 Å². The van der Waals surface area contributed by atoms with E-state index < -0.39 is 0 Å². The Hall–Kier alpha value is -1.02. The fourth-order valence-electron chi connectivity index (χ4n) is 3.03. The second-order valence-electron chi connectivity index (χ2n) is 5.75. The summed E-state index contributed by atoms with van der Waals surface area (Å²) >= 11 is 0. The van der Waals surface area contributed by atoms with Crippen molar-refractivity contribution < 1.29 is 45.0 Å². The van der Waals surface area contributed by atoms with Crippen LogP contribution in [0.25, 0.3) is 0 Å². The van der Waals surface area contributed by atoms with Gasteiger partial charge >= 0.3 is 31.1 Å². The van der Waals surface area contributed by atoms with Gasteiger partial charge in [-0.15, -0.1) is 24.3 Å². The SMILES string of the molecule is [CH2-]Oc1[c-]cc(OC[C@@H]2CNCC[C@H]2c2ccc(F)cc2)cc1.[U+2]. The molecule has 0 unspecified atom stereocenters. The van der Waals surface area contributed by atoms with E-state index in [-0.39, 0.29) is 36.9 Å². The van der Waals surface area contributed by atoms with Crippen molar-refractivity contribution in [3.63, 3.8) is 0 Å². The third-order valence-electron chi connectivity index (χ3n) is 4.28. The van der Waals surface area contributed by atoms with Gasteiger partial charge in [0.25, 0.3) is 0 Å². The number of hydrogen-bond acceptors (Lipinski definition) is 3. The Kier molecular flexibility index (Phi) is 7.61. The Labute approximate surface area is 166 Å². The normalized spacial score (nSPS) is 20.1. The van der Waals surface area contributed by atoms with E-state index >= 15 is 0 Å². The van der Waals surface area contributed by atoms with Crippen LogP contribution in [0.15, 0.2) is 42.5 Å². The summed E-state index contributed by atoms with van der Waals surface area (Å²) in [6, 6.07) is 15.2. The van der Waals surface area contributed by atoms with Crippen LogP contribution < -0.4 is 14.8 Å². The minimum absolute atomic E-state index is 0. The Bertz CT molecular complexity index is 618. The van der Waals surface area contributed by atoms with Gasteiger partial charge in [0, 0.05) is 18.2 Å². The van der Waals surface area contributed by atoms with Crippen LogP contribution in [0.4, 0.5) is 4.39 Å². The second kappa shape index (κ2) is 9.46. The molecule has 0 amide bonds. The van der Waals surface area contributed by atoms with Crippen LogP contribution in [0.5, 0.6) is 11.5 Å². The first-order valence-corrected chi connectivity index (χ1v) is 7.79. The number of benzene rings is 2. The Morgan fingerprint density at radius 1 is 1.21 bits per heavy atom. The minimum atomic E-state index is -0.196. The molecule has 1 fully saturated rings. The van der Waals surface area contributed by atoms with E-state index in [1.54, 1.807) is 12.1 Å². The fourth-order valence-corrected chi connectivity index (χ4v) is 3.03. The topological polar surface area (TPSA) is 30.5 Å². The summed E-state index contributed by atoms with van der Waals surface area (Å²) in [5, 5.41) is 3.41. The predicted molar refractivity (Wildman–Crippen MR) is 86.9 cm³/mol. The Balaban J connectivity index is 0.00000208. The molecule has 0 aromatic heterocycles. The standard InChI is InChI=1S/C19H20FNO2.U/c1-22-17-6-8-18(9-7-17)23-13-15-12-21-11-10-19(15)14-2-4-16(20)5-3-14;/h2-6,8-9,15,19,21H,1,10-13H2;/q-2;+2/t15-,19-;/m0./s1. The second-order valence-corrected chi connectivity index (χ2v) is 5.75. The molecule has 0 radical (unpaired) electrons. The van der Waals surface area contributed by atoms with Crippen LogP contribution in [-0.4, -0.2) is 19.7 Å². The van der Waals surface area contributed by atoms with Gasteiger partial charge in [-0.05, 0) is 42.3 Å². The van der Waals surface area contributed by atoms with Crippen molar-refractivity contribution in [2.45, 2.75) is 12.3 Å². The average molecular weight is 551 g/mol. The predicted octanol–water partition coefficient (Wildman–Crippen LogP) is 3.57. The van der Waals surface area contributed by atoms with Gasteiger partial charge in [0.05, 0.1) is 6.61 Å². The number of ether oxygens (including phenoxy) is 2. The summed E-state index contributed by atoms with van der Waals surface area (Å²) < 4.78 is 23.9. The molecule has 0 spiro atoms. The monoisotopic (exact) mass is 551 g/mol. The largest absolute Gasteiger partial charge is 2.00 e. The van der Waals surface area contributed by atoms with E-state index in [2.05, 4.69) is 18.5 Å². The van der Waals surface area contributed by atoms with Gasteiger partial charge in [-0.25, -0.2) is 4.39 Å². The zero-order chi connectivity index (χ0) is 16.1. The molecular formula is C19H20FNO2U. The molecule has 3 nitrogen and oxygen atoms in total. The van der Waals surface area contributed by atoms with Gasteiger partial charge in [0.1, 0.15) is 5.82 Å². The molecule has 124 valence electrons. The zero-order valence-electron chi connectivity index (χ0n) is 13.4. The third-order valence-corrected chi connectivity index (χ3v) is 4.28. The molecule has 1 aliphatic rings. The number of rotatable bonds is 5. The van der Waals surface area contributed by atoms with Gasteiger partial charge in [-0.2, -0.15) is 7.11 Å². The van der Waals surface area contributed by atoms with Crippen LogP contribution in [0.1, 0.15) is 17.9 Å². The van der Waals surface area contributed by atoms with Crippen molar-refractivity contribution in [3.05, 3.63) is 67.0 Å². The van der Waals surface area contributed by atoms with Crippen molar-refractivity contribution in [2.75, 3.05) is 19.7 Å². The molecule has 2 aromatic rings. The summed E-state index contributed by atoms with van der Waals surface area (Å²) in [4.78, 5) is 0. The van der Waals surface area contributed by atoms with Crippen molar-refractivity contribution >= 4 is 0 Å².